The Bertz CT molecular complexity index is 484. The lowest BCUT2D eigenvalue weighted by Gasteiger charge is -2.33. The molecule has 1 aromatic rings. The van der Waals surface area contributed by atoms with E-state index in [1.807, 2.05) is 0 Å². The van der Waals surface area contributed by atoms with Crippen molar-refractivity contribution in [3.63, 3.8) is 0 Å². The fourth-order valence-electron chi connectivity index (χ4n) is 2.93. The molecule has 1 aliphatic rings. The molecule has 4 nitrogen and oxygen atoms in total. The van der Waals surface area contributed by atoms with E-state index in [2.05, 4.69) is 61.4 Å². The Morgan fingerprint density at radius 1 is 1.22 bits per heavy atom. The molecule has 2 N–H and O–H groups in total. The molecule has 0 bridgehead atoms. The molecular formula is C19H33N3O. The molecule has 0 atom stereocenters. The van der Waals surface area contributed by atoms with Crippen LogP contribution in [0.5, 0.6) is 5.75 Å². The van der Waals surface area contributed by atoms with Crippen LogP contribution in [0, 0.1) is 0 Å². The van der Waals surface area contributed by atoms with Crippen LogP contribution < -0.4 is 15.4 Å². The Hall–Kier alpha value is -1.26. The molecule has 0 fully saturated rings. The first-order valence-corrected chi connectivity index (χ1v) is 9.03. The molecule has 1 heterocycles. The average Bonchev–Trinajstić information content (AvgIpc) is 2.53. The summed E-state index contributed by atoms with van der Waals surface area (Å²) in [6, 6.07) is 6.50. The predicted octanol–water partition coefficient (Wildman–Crippen LogP) is 3.13. The number of anilines is 1. The monoisotopic (exact) mass is 319 g/mol. The minimum atomic E-state index is -0.124. The summed E-state index contributed by atoms with van der Waals surface area (Å²) < 4.78 is 5.99. The molecule has 0 aliphatic carbocycles. The van der Waals surface area contributed by atoms with Crippen molar-refractivity contribution in [1.29, 1.82) is 0 Å². The van der Waals surface area contributed by atoms with E-state index in [-0.39, 0.29) is 5.60 Å². The predicted molar refractivity (Wildman–Crippen MR) is 98.6 cm³/mol. The van der Waals surface area contributed by atoms with Gasteiger partial charge in [0.1, 0.15) is 11.4 Å². The summed E-state index contributed by atoms with van der Waals surface area (Å²) in [7, 11) is 0. The number of nitrogens with zero attached hydrogens (tertiary/aromatic N) is 1. The number of benzene rings is 1. The fraction of sp³-hybridized carbons (Fsp3) is 0.684. The van der Waals surface area contributed by atoms with Gasteiger partial charge in [0, 0.05) is 0 Å². The first kappa shape index (κ1) is 18.1. The zero-order valence-electron chi connectivity index (χ0n) is 15.2. The first-order valence-electron chi connectivity index (χ1n) is 9.03. The van der Waals surface area contributed by atoms with Gasteiger partial charge in [-0.2, -0.15) is 0 Å². The molecule has 0 unspecified atom stereocenters. The van der Waals surface area contributed by atoms with Crippen LogP contribution >= 0.6 is 0 Å². The molecule has 0 radical (unpaired) electrons. The van der Waals surface area contributed by atoms with Crippen LogP contribution in [0.25, 0.3) is 0 Å². The highest BCUT2D eigenvalue weighted by Crippen LogP contribution is 2.33. The molecular weight excluding hydrogens is 286 g/mol. The smallest absolute Gasteiger partial charge is 0.143 e. The van der Waals surface area contributed by atoms with Crippen LogP contribution in [-0.4, -0.2) is 49.8 Å². The third-order valence-electron chi connectivity index (χ3n) is 4.45. The van der Waals surface area contributed by atoms with E-state index in [4.69, 9.17) is 4.74 Å². The zero-order valence-corrected chi connectivity index (χ0v) is 15.2. The third kappa shape index (κ3) is 5.70. The summed E-state index contributed by atoms with van der Waals surface area (Å²) in [5.41, 5.74) is 2.36. The normalized spacial score (nSPS) is 15.9. The maximum atomic E-state index is 5.99. The molecule has 0 saturated carbocycles. The number of hydrogen-bond acceptors (Lipinski definition) is 4. The maximum Gasteiger partial charge on any atom is 0.143 e. The largest absolute Gasteiger partial charge is 0.484 e. The lowest BCUT2D eigenvalue weighted by molar-refractivity contribution is 0.116. The Morgan fingerprint density at radius 2 is 2.00 bits per heavy atom. The Labute approximate surface area is 141 Å². The number of rotatable bonds is 9. The van der Waals surface area contributed by atoms with Gasteiger partial charge in [0.25, 0.3) is 0 Å². The van der Waals surface area contributed by atoms with Crippen LogP contribution in [0.3, 0.4) is 0 Å². The minimum absolute atomic E-state index is 0.124. The van der Waals surface area contributed by atoms with Crippen LogP contribution in [0.4, 0.5) is 5.69 Å². The molecule has 4 heteroatoms. The van der Waals surface area contributed by atoms with E-state index in [1.165, 1.54) is 18.5 Å². The summed E-state index contributed by atoms with van der Waals surface area (Å²) in [6.07, 6.45) is 2.28. The fourth-order valence-corrected chi connectivity index (χ4v) is 2.93. The van der Waals surface area contributed by atoms with Crippen molar-refractivity contribution in [3.8, 4) is 5.75 Å². The lowest BCUT2D eigenvalue weighted by atomic mass is 10.0. The van der Waals surface area contributed by atoms with Crippen molar-refractivity contribution in [2.75, 3.05) is 44.6 Å². The average molecular weight is 319 g/mol. The van der Waals surface area contributed by atoms with E-state index >= 15 is 0 Å². The lowest BCUT2D eigenvalue weighted by Crippen LogP contribution is -2.40. The van der Waals surface area contributed by atoms with E-state index in [0.717, 1.165) is 50.6 Å². The van der Waals surface area contributed by atoms with Gasteiger partial charge >= 0.3 is 0 Å². The van der Waals surface area contributed by atoms with E-state index < -0.39 is 0 Å². The number of hydrogen-bond donors (Lipinski definition) is 2. The van der Waals surface area contributed by atoms with Gasteiger partial charge < -0.3 is 20.3 Å². The SMILES string of the molecule is CCN(CC)CCCNCCc1ccc2c(c1)NCC(C)(C)O2. The van der Waals surface area contributed by atoms with Crippen molar-refractivity contribution in [2.45, 2.75) is 46.1 Å². The van der Waals surface area contributed by atoms with Crippen molar-refractivity contribution in [3.05, 3.63) is 23.8 Å². The van der Waals surface area contributed by atoms with Crippen LogP contribution in [0.2, 0.25) is 0 Å². The Morgan fingerprint density at radius 3 is 2.74 bits per heavy atom. The van der Waals surface area contributed by atoms with Gasteiger partial charge in [-0.05, 0) is 77.1 Å². The van der Waals surface area contributed by atoms with Crippen LogP contribution in [0.1, 0.15) is 39.7 Å². The molecule has 0 spiro atoms. The molecule has 23 heavy (non-hydrogen) atoms. The van der Waals surface area contributed by atoms with Crippen LogP contribution in [0.15, 0.2) is 18.2 Å². The van der Waals surface area contributed by atoms with Crippen molar-refractivity contribution in [1.82, 2.24) is 10.2 Å². The molecule has 2 rings (SSSR count). The first-order chi connectivity index (χ1) is 11.0. The topological polar surface area (TPSA) is 36.5 Å². The molecule has 0 amide bonds. The number of ether oxygens (including phenoxy) is 1. The van der Waals surface area contributed by atoms with Gasteiger partial charge in [-0.3, -0.25) is 0 Å². The van der Waals surface area contributed by atoms with E-state index in [0.29, 0.717) is 0 Å². The summed E-state index contributed by atoms with van der Waals surface area (Å²) in [6.45, 7) is 15.1. The molecule has 0 aromatic heterocycles. The summed E-state index contributed by atoms with van der Waals surface area (Å²) in [5.74, 6) is 0.970. The van der Waals surface area contributed by atoms with E-state index in [9.17, 15) is 0 Å². The summed E-state index contributed by atoms with van der Waals surface area (Å²) in [4.78, 5) is 2.47. The molecule has 130 valence electrons. The van der Waals surface area contributed by atoms with Gasteiger partial charge in [-0.1, -0.05) is 19.9 Å². The standard InChI is InChI=1S/C19H33N3O/c1-5-22(6-2)13-7-11-20-12-10-16-8-9-18-17(14-16)21-15-19(3,4)23-18/h8-9,14,20-21H,5-7,10-13,15H2,1-4H3. The highest BCUT2D eigenvalue weighted by atomic mass is 16.5. The maximum absolute atomic E-state index is 5.99. The zero-order chi connectivity index (χ0) is 16.7. The molecule has 1 aliphatic heterocycles. The van der Waals surface area contributed by atoms with Gasteiger partial charge in [0.05, 0.1) is 12.2 Å². The van der Waals surface area contributed by atoms with Crippen molar-refractivity contribution >= 4 is 5.69 Å². The van der Waals surface area contributed by atoms with Crippen molar-refractivity contribution < 1.29 is 4.74 Å². The second kappa shape index (κ2) is 8.55. The highest BCUT2D eigenvalue weighted by Gasteiger charge is 2.25. The second-order valence-corrected chi connectivity index (χ2v) is 6.93. The second-order valence-electron chi connectivity index (χ2n) is 6.93. The Balaban J connectivity index is 1.69. The highest BCUT2D eigenvalue weighted by molar-refractivity contribution is 5.60. The minimum Gasteiger partial charge on any atom is -0.484 e. The van der Waals surface area contributed by atoms with Gasteiger partial charge in [0.2, 0.25) is 0 Å². The number of fused-ring (bicyclic) bond motifs is 1. The summed E-state index contributed by atoms with van der Waals surface area (Å²) in [5, 5.41) is 7.03. The third-order valence-corrected chi connectivity index (χ3v) is 4.45. The number of nitrogens with one attached hydrogen (secondary N) is 2. The van der Waals surface area contributed by atoms with Crippen LogP contribution in [-0.2, 0) is 6.42 Å². The van der Waals surface area contributed by atoms with Gasteiger partial charge in [-0.25, -0.2) is 0 Å². The quantitative estimate of drug-likeness (QED) is 0.686. The Kier molecular flexibility index (Phi) is 6.72. The van der Waals surface area contributed by atoms with Gasteiger partial charge in [-0.15, -0.1) is 0 Å². The molecule has 0 saturated heterocycles. The summed E-state index contributed by atoms with van der Waals surface area (Å²) >= 11 is 0. The van der Waals surface area contributed by atoms with Gasteiger partial charge in [0.15, 0.2) is 0 Å². The molecule has 1 aromatic carbocycles. The van der Waals surface area contributed by atoms with Crippen molar-refractivity contribution in [2.24, 2.45) is 0 Å². The van der Waals surface area contributed by atoms with E-state index in [1.54, 1.807) is 0 Å².